The van der Waals surface area contributed by atoms with Crippen LogP contribution in [0.2, 0.25) is 0 Å². The van der Waals surface area contributed by atoms with Gasteiger partial charge in [-0.25, -0.2) is 0 Å². The van der Waals surface area contributed by atoms with Crippen LogP contribution in [-0.4, -0.2) is 153 Å². The van der Waals surface area contributed by atoms with Gasteiger partial charge in [-0.05, 0) is 20.3 Å². The van der Waals surface area contributed by atoms with E-state index in [0.717, 1.165) is 6.92 Å². The van der Waals surface area contributed by atoms with E-state index in [1.165, 1.54) is 13.8 Å². The number of aliphatic carboxylic acids is 1. The Balaban J connectivity index is 2.21. The lowest BCUT2D eigenvalue weighted by Crippen LogP contribution is -2.69. The molecule has 4 amide bonds. The number of carboxylic acid groups (broad SMARTS) is 1. The maximum Gasteiger partial charge on any atom is 0.303 e. The molecule has 20 heteroatoms. The number of carboxylic acids is 1. The molecule has 13 N–H and O–H groups in total. The minimum atomic E-state index is -1.72. The number of nitrogens with one attached hydrogen (secondary N) is 3. The number of hydrogen-bond donors (Lipinski definition) is 11. The molecule has 13 unspecified atom stereocenters. The summed E-state index contributed by atoms with van der Waals surface area (Å²) in [5.74, 6) is -4.58. The number of nitrogens with two attached hydrogens (primary N) is 2. The zero-order valence-electron chi connectivity index (χ0n) is 24.8. The summed E-state index contributed by atoms with van der Waals surface area (Å²) < 4.78 is 22.6. The summed E-state index contributed by atoms with van der Waals surface area (Å²) in [7, 11) is 0. The molecule has 0 aliphatic carbocycles. The molecule has 0 spiro atoms. The summed E-state index contributed by atoms with van der Waals surface area (Å²) in [6.07, 6.45) is -14.4. The van der Waals surface area contributed by atoms with E-state index in [-0.39, 0.29) is 6.42 Å². The Morgan fingerprint density at radius 1 is 0.911 bits per heavy atom. The quantitative estimate of drug-likeness (QED) is 0.0782. The summed E-state index contributed by atoms with van der Waals surface area (Å²) >= 11 is 0. The third kappa shape index (κ3) is 10.2. The van der Waals surface area contributed by atoms with E-state index >= 15 is 0 Å². The lowest BCUT2D eigenvalue weighted by molar-refractivity contribution is -0.331. The highest BCUT2D eigenvalue weighted by Gasteiger charge is 2.51. The van der Waals surface area contributed by atoms with Crippen molar-refractivity contribution in [1.82, 2.24) is 16.0 Å². The Labute approximate surface area is 257 Å². The first-order valence-corrected chi connectivity index (χ1v) is 14.0. The predicted octanol–water partition coefficient (Wildman–Crippen LogP) is -6.53. The molecule has 20 nitrogen and oxygen atoms in total. The van der Waals surface area contributed by atoms with Gasteiger partial charge >= 0.3 is 5.97 Å². The summed E-state index contributed by atoms with van der Waals surface area (Å²) in [6, 6.07) is -5.39. The molecule has 2 rings (SSSR count). The zero-order chi connectivity index (χ0) is 34.2. The van der Waals surface area contributed by atoms with Crippen molar-refractivity contribution < 1.29 is 73.6 Å². The molecular formula is C25H43N5O15. The van der Waals surface area contributed by atoms with Crippen molar-refractivity contribution in [2.45, 2.75) is 113 Å². The van der Waals surface area contributed by atoms with Gasteiger partial charge in [0.15, 0.2) is 12.6 Å². The molecular weight excluding hydrogens is 610 g/mol. The Hall–Kier alpha value is -3.05. The molecule has 0 aromatic carbocycles. The van der Waals surface area contributed by atoms with Gasteiger partial charge in [0.2, 0.25) is 23.6 Å². The third-order valence-corrected chi connectivity index (χ3v) is 7.22. The highest BCUT2D eigenvalue weighted by molar-refractivity contribution is 5.92. The number of aliphatic hydroxyl groups excluding tert-OH is 5. The predicted molar refractivity (Wildman–Crippen MR) is 146 cm³/mol. The van der Waals surface area contributed by atoms with E-state index < -0.39 is 129 Å². The van der Waals surface area contributed by atoms with E-state index in [1.807, 2.05) is 0 Å². The topological polar surface area (TPSA) is 332 Å². The van der Waals surface area contributed by atoms with Gasteiger partial charge in [-0.2, -0.15) is 0 Å². The second-order valence-corrected chi connectivity index (χ2v) is 10.7. The van der Waals surface area contributed by atoms with Crippen LogP contribution >= 0.6 is 0 Å². The number of carbonyl (C=O) groups excluding carboxylic acids is 4. The van der Waals surface area contributed by atoms with Crippen molar-refractivity contribution in [3.8, 4) is 0 Å². The van der Waals surface area contributed by atoms with E-state index in [2.05, 4.69) is 16.0 Å². The van der Waals surface area contributed by atoms with Crippen molar-refractivity contribution >= 4 is 29.6 Å². The SMILES string of the molecule is CC(=O)NC1C(OC2C(CO)OC(O)C(N)C2OC(C)C(=O)NC(C)C(=O)NC(CCC(=O)O)C(N)=O)OC(CO)C(O)C1O. The highest BCUT2D eigenvalue weighted by Crippen LogP contribution is 2.30. The normalized spacial score (nSPS) is 33.7. The molecule has 2 fully saturated rings. The van der Waals surface area contributed by atoms with Crippen LogP contribution in [0, 0.1) is 0 Å². The average molecular weight is 654 g/mol. The maximum absolute atomic E-state index is 13.0. The van der Waals surface area contributed by atoms with Crippen LogP contribution in [-0.2, 0) is 42.9 Å². The highest BCUT2D eigenvalue weighted by atomic mass is 16.7. The van der Waals surface area contributed by atoms with Gasteiger partial charge in [0.25, 0.3) is 0 Å². The van der Waals surface area contributed by atoms with Crippen LogP contribution in [0.5, 0.6) is 0 Å². The second-order valence-electron chi connectivity index (χ2n) is 10.7. The van der Waals surface area contributed by atoms with Crippen molar-refractivity contribution in [2.75, 3.05) is 13.2 Å². The Morgan fingerprint density at radius 3 is 2.07 bits per heavy atom. The lowest BCUT2D eigenvalue weighted by atomic mass is 9.94. The van der Waals surface area contributed by atoms with Gasteiger partial charge in [0.05, 0.1) is 19.3 Å². The first-order chi connectivity index (χ1) is 21.0. The largest absolute Gasteiger partial charge is 0.481 e. The number of aliphatic hydroxyl groups is 5. The molecule has 2 aliphatic heterocycles. The Bertz CT molecular complexity index is 1050. The molecule has 0 bridgehead atoms. The number of primary amides is 1. The molecule has 0 radical (unpaired) electrons. The molecule has 2 aliphatic rings. The van der Waals surface area contributed by atoms with Crippen molar-refractivity contribution in [3.63, 3.8) is 0 Å². The van der Waals surface area contributed by atoms with E-state index in [9.17, 15) is 49.5 Å². The molecule has 2 heterocycles. The molecule has 0 saturated carbocycles. The van der Waals surface area contributed by atoms with Gasteiger partial charge in [0.1, 0.15) is 60.9 Å². The molecule has 0 aromatic heterocycles. The molecule has 2 saturated heterocycles. The third-order valence-electron chi connectivity index (χ3n) is 7.22. The van der Waals surface area contributed by atoms with Crippen molar-refractivity contribution in [1.29, 1.82) is 0 Å². The zero-order valence-corrected chi connectivity index (χ0v) is 24.8. The van der Waals surface area contributed by atoms with Crippen LogP contribution < -0.4 is 27.4 Å². The average Bonchev–Trinajstić information content (AvgIpc) is 2.97. The maximum atomic E-state index is 13.0. The molecule has 45 heavy (non-hydrogen) atoms. The van der Waals surface area contributed by atoms with Crippen molar-refractivity contribution in [3.05, 3.63) is 0 Å². The smallest absolute Gasteiger partial charge is 0.303 e. The fraction of sp³-hybridized carbons (Fsp3) is 0.800. The fourth-order valence-corrected chi connectivity index (χ4v) is 4.71. The van der Waals surface area contributed by atoms with E-state index in [4.69, 9.17) is 35.5 Å². The van der Waals surface area contributed by atoms with Gasteiger partial charge < -0.3 is 77.0 Å². The van der Waals surface area contributed by atoms with Crippen LogP contribution in [0.4, 0.5) is 0 Å². The second kappa shape index (κ2) is 17.0. The summed E-state index contributed by atoms with van der Waals surface area (Å²) in [5, 5.41) is 66.6. The van der Waals surface area contributed by atoms with Crippen LogP contribution in [0.1, 0.15) is 33.6 Å². The number of rotatable bonds is 15. The van der Waals surface area contributed by atoms with E-state index in [0.29, 0.717) is 0 Å². The van der Waals surface area contributed by atoms with E-state index in [1.54, 1.807) is 0 Å². The summed E-state index contributed by atoms with van der Waals surface area (Å²) in [4.78, 5) is 59.8. The molecule has 0 aromatic rings. The first kappa shape index (κ1) is 38.1. The fourth-order valence-electron chi connectivity index (χ4n) is 4.71. The summed E-state index contributed by atoms with van der Waals surface area (Å²) in [5.41, 5.74) is 11.3. The number of ether oxygens (including phenoxy) is 4. The number of amides is 4. The Morgan fingerprint density at radius 2 is 1.53 bits per heavy atom. The van der Waals surface area contributed by atoms with Crippen LogP contribution in [0.3, 0.4) is 0 Å². The van der Waals surface area contributed by atoms with Gasteiger partial charge in [-0.15, -0.1) is 0 Å². The minimum absolute atomic E-state index is 0.281. The molecule has 13 atom stereocenters. The first-order valence-electron chi connectivity index (χ1n) is 14.0. The lowest BCUT2D eigenvalue weighted by Gasteiger charge is -2.48. The van der Waals surface area contributed by atoms with Crippen molar-refractivity contribution in [2.24, 2.45) is 11.5 Å². The molecule has 258 valence electrons. The Kier molecular flexibility index (Phi) is 14.4. The van der Waals surface area contributed by atoms with Gasteiger partial charge in [-0.3, -0.25) is 24.0 Å². The standard InChI is InChI=1S/C25H43N5O15/c1-8(22(39)30-11(21(27)38)4-5-14(34)35)28-23(40)9(2)42-20-15(26)24(41)43-13(7-32)19(20)45-25-16(29-10(3)33)18(37)17(36)12(6-31)44-25/h8-9,11-13,15-20,24-25,31-32,36-37,41H,4-7,26H2,1-3H3,(H2,27,38)(H,28,40)(H,29,33)(H,30,39)(H,34,35). The minimum Gasteiger partial charge on any atom is -0.481 e. The summed E-state index contributed by atoms with van der Waals surface area (Å²) in [6.45, 7) is 2.13. The van der Waals surface area contributed by atoms with Crippen LogP contribution in [0.15, 0.2) is 0 Å². The number of carbonyl (C=O) groups is 5. The van der Waals surface area contributed by atoms with Gasteiger partial charge in [0, 0.05) is 13.3 Å². The number of hydrogen-bond acceptors (Lipinski definition) is 15. The monoisotopic (exact) mass is 653 g/mol. The van der Waals surface area contributed by atoms with Crippen LogP contribution in [0.25, 0.3) is 0 Å². The van der Waals surface area contributed by atoms with Gasteiger partial charge in [-0.1, -0.05) is 0 Å².